The summed E-state index contributed by atoms with van der Waals surface area (Å²) in [6.07, 6.45) is 0. The minimum absolute atomic E-state index is 0.219. The van der Waals surface area contributed by atoms with Crippen molar-refractivity contribution in [3.63, 3.8) is 0 Å². The number of carbonyl (C=O) groups excluding carboxylic acids is 1. The molecule has 9 nitrogen and oxygen atoms in total. The van der Waals surface area contributed by atoms with Gasteiger partial charge in [0.25, 0.3) is 0 Å². The Bertz CT molecular complexity index is 702. The van der Waals surface area contributed by atoms with Gasteiger partial charge >= 0.3 is 11.5 Å². The van der Waals surface area contributed by atoms with Gasteiger partial charge in [-0.2, -0.15) is 0 Å². The molecule has 1 heterocycles. The molecule has 0 radical (unpaired) electrons. The summed E-state index contributed by atoms with van der Waals surface area (Å²) < 4.78 is 15.0. The number of carbonyl (C=O) groups is 1. The van der Waals surface area contributed by atoms with E-state index in [1.807, 2.05) is 0 Å². The van der Waals surface area contributed by atoms with Crippen LogP contribution in [-0.2, 0) is 19.0 Å². The quantitative estimate of drug-likeness (QED) is 0.446. The van der Waals surface area contributed by atoms with Gasteiger partial charge in [0, 0.05) is 7.11 Å². The van der Waals surface area contributed by atoms with Crippen LogP contribution in [0.3, 0.4) is 0 Å². The summed E-state index contributed by atoms with van der Waals surface area (Å²) in [4.78, 5) is 29.0. The molecule has 0 spiro atoms. The fourth-order valence-corrected chi connectivity index (χ4v) is 1.67. The van der Waals surface area contributed by atoms with Crippen molar-refractivity contribution in [1.82, 2.24) is 15.2 Å². The molecule has 9 heteroatoms. The number of rotatable bonds is 9. The van der Waals surface area contributed by atoms with Crippen LogP contribution in [0.4, 0.5) is 0 Å². The summed E-state index contributed by atoms with van der Waals surface area (Å²) in [7, 11) is 1.58. The molecule has 0 saturated heterocycles. The molecule has 0 amide bonds. The molecule has 1 aromatic heterocycles. The molecule has 0 aliphatic rings. The van der Waals surface area contributed by atoms with E-state index in [1.165, 1.54) is 0 Å². The Hall–Kier alpha value is -2.36. The van der Waals surface area contributed by atoms with E-state index in [0.29, 0.717) is 35.6 Å². The van der Waals surface area contributed by atoms with Gasteiger partial charge in [-0.05, 0) is 22.2 Å². The summed E-state index contributed by atoms with van der Waals surface area (Å²) in [6, 6.07) is 6.63. The molecule has 0 bridgehead atoms. The first-order chi connectivity index (χ1) is 11.2. The van der Waals surface area contributed by atoms with Crippen LogP contribution in [0.15, 0.2) is 29.1 Å². The minimum atomic E-state index is -0.756. The molecule has 1 aromatic carbocycles. The average Bonchev–Trinajstić information content (AvgIpc) is 2.57. The van der Waals surface area contributed by atoms with Gasteiger partial charge in [-0.25, -0.2) is 4.79 Å². The van der Waals surface area contributed by atoms with Crippen LogP contribution in [0, 0.1) is 0 Å². The van der Waals surface area contributed by atoms with Crippen LogP contribution < -0.4 is 10.4 Å². The average molecular weight is 323 g/mol. The summed E-state index contributed by atoms with van der Waals surface area (Å²) in [6.45, 7) is 1.16. The zero-order valence-electron chi connectivity index (χ0n) is 12.6. The van der Waals surface area contributed by atoms with Crippen molar-refractivity contribution in [2.75, 3.05) is 40.1 Å². The molecule has 2 rings (SSSR count). The lowest BCUT2D eigenvalue weighted by atomic mass is 10.2. The maximum atomic E-state index is 12.1. The van der Waals surface area contributed by atoms with Crippen molar-refractivity contribution in [2.45, 2.75) is 0 Å². The fourth-order valence-electron chi connectivity index (χ4n) is 1.67. The predicted octanol–water partition coefficient (Wildman–Crippen LogP) is -0.574. The van der Waals surface area contributed by atoms with Gasteiger partial charge in [-0.1, -0.05) is 12.1 Å². The zero-order valence-corrected chi connectivity index (χ0v) is 12.6. The molecule has 0 aliphatic heterocycles. The minimum Gasteiger partial charge on any atom is -0.382 e. The van der Waals surface area contributed by atoms with Crippen molar-refractivity contribution in [1.29, 1.82) is 0 Å². The van der Waals surface area contributed by atoms with E-state index in [1.54, 1.807) is 31.4 Å². The van der Waals surface area contributed by atoms with Crippen molar-refractivity contribution in [2.24, 2.45) is 0 Å². The van der Waals surface area contributed by atoms with Gasteiger partial charge in [0.1, 0.15) is 12.1 Å². The van der Waals surface area contributed by atoms with Gasteiger partial charge in [-0.3, -0.25) is 4.79 Å². The molecule has 0 fully saturated rings. The Labute approximate surface area is 131 Å². The van der Waals surface area contributed by atoms with Crippen LogP contribution in [0.1, 0.15) is 0 Å². The molecule has 0 saturated carbocycles. The standard InChI is InChI=1S/C14H17N3O6/c1-20-6-7-21-8-9-22-10-13(18)23-17-14(19)11-4-2-3-5-12(11)15-16-17/h2-5H,6-10H2,1H3. The highest BCUT2D eigenvalue weighted by molar-refractivity contribution is 5.76. The van der Waals surface area contributed by atoms with E-state index >= 15 is 0 Å². The maximum Gasteiger partial charge on any atom is 0.360 e. The van der Waals surface area contributed by atoms with E-state index in [0.717, 1.165) is 0 Å². The van der Waals surface area contributed by atoms with Gasteiger partial charge in [0.2, 0.25) is 0 Å². The van der Waals surface area contributed by atoms with Crippen LogP contribution in [0.2, 0.25) is 0 Å². The summed E-state index contributed by atoms with van der Waals surface area (Å²) in [5, 5.41) is 7.65. The third kappa shape index (κ3) is 5.09. The Morgan fingerprint density at radius 3 is 2.70 bits per heavy atom. The number of benzene rings is 1. The predicted molar refractivity (Wildman–Crippen MR) is 78.9 cm³/mol. The Morgan fingerprint density at radius 2 is 1.87 bits per heavy atom. The van der Waals surface area contributed by atoms with Crippen LogP contribution in [0.5, 0.6) is 0 Å². The van der Waals surface area contributed by atoms with Gasteiger partial charge in [0.05, 0.1) is 31.8 Å². The number of hydrogen-bond acceptors (Lipinski definition) is 8. The molecule has 2 aromatic rings. The van der Waals surface area contributed by atoms with Crippen molar-refractivity contribution < 1.29 is 23.8 Å². The normalized spacial score (nSPS) is 10.8. The molecule has 0 unspecified atom stereocenters. The van der Waals surface area contributed by atoms with E-state index in [4.69, 9.17) is 19.0 Å². The number of nitrogens with zero attached hydrogens (tertiary/aromatic N) is 3. The van der Waals surface area contributed by atoms with Crippen LogP contribution in [-0.4, -0.2) is 61.3 Å². The number of hydrogen-bond donors (Lipinski definition) is 0. The molecule has 0 aliphatic carbocycles. The summed E-state index contributed by atoms with van der Waals surface area (Å²) in [5.41, 5.74) is -0.138. The third-order valence-electron chi connectivity index (χ3n) is 2.75. The lowest BCUT2D eigenvalue weighted by Gasteiger charge is -2.06. The molecule has 0 N–H and O–H groups in total. The Kier molecular flexibility index (Phi) is 6.60. The van der Waals surface area contributed by atoms with Crippen molar-refractivity contribution in [3.05, 3.63) is 34.6 Å². The molecule has 124 valence electrons. The van der Waals surface area contributed by atoms with E-state index in [2.05, 4.69) is 10.3 Å². The topological polar surface area (TPSA) is 102 Å². The molecular formula is C14H17N3O6. The fraction of sp³-hybridized carbons (Fsp3) is 0.429. The largest absolute Gasteiger partial charge is 0.382 e. The molecule has 0 atom stereocenters. The van der Waals surface area contributed by atoms with E-state index in [-0.39, 0.29) is 13.2 Å². The van der Waals surface area contributed by atoms with Crippen LogP contribution in [0.25, 0.3) is 10.9 Å². The number of ether oxygens (including phenoxy) is 3. The molecular weight excluding hydrogens is 306 g/mol. The van der Waals surface area contributed by atoms with Crippen LogP contribution >= 0.6 is 0 Å². The second-order valence-corrected chi connectivity index (χ2v) is 4.41. The zero-order chi connectivity index (χ0) is 16.5. The second-order valence-electron chi connectivity index (χ2n) is 4.41. The lowest BCUT2D eigenvalue weighted by molar-refractivity contribution is -0.152. The Morgan fingerprint density at radius 1 is 1.13 bits per heavy atom. The smallest absolute Gasteiger partial charge is 0.360 e. The highest BCUT2D eigenvalue weighted by Crippen LogP contribution is 2.02. The number of aromatic nitrogens is 3. The van der Waals surface area contributed by atoms with E-state index < -0.39 is 11.5 Å². The first-order valence-electron chi connectivity index (χ1n) is 6.92. The van der Waals surface area contributed by atoms with Crippen molar-refractivity contribution in [3.8, 4) is 0 Å². The monoisotopic (exact) mass is 323 g/mol. The highest BCUT2D eigenvalue weighted by Gasteiger charge is 2.10. The summed E-state index contributed by atoms with van der Waals surface area (Å²) >= 11 is 0. The summed E-state index contributed by atoms with van der Waals surface area (Å²) in [5.74, 6) is -0.756. The lowest BCUT2D eigenvalue weighted by Crippen LogP contribution is -2.35. The molecule has 23 heavy (non-hydrogen) atoms. The third-order valence-corrected chi connectivity index (χ3v) is 2.75. The van der Waals surface area contributed by atoms with Gasteiger partial charge in [-0.15, -0.1) is 5.10 Å². The maximum absolute atomic E-state index is 12.1. The van der Waals surface area contributed by atoms with E-state index in [9.17, 15) is 9.59 Å². The second kappa shape index (κ2) is 8.93. The first kappa shape index (κ1) is 17.0. The first-order valence-corrected chi connectivity index (χ1v) is 6.92. The SMILES string of the molecule is COCCOCCOCC(=O)On1nnc2ccccc2c1=O. The number of fused-ring (bicyclic) bond motifs is 1. The van der Waals surface area contributed by atoms with Crippen molar-refractivity contribution >= 4 is 16.9 Å². The highest BCUT2D eigenvalue weighted by atomic mass is 16.7. The van der Waals surface area contributed by atoms with Gasteiger partial charge in [0.15, 0.2) is 0 Å². The number of methoxy groups -OCH3 is 1. The Balaban J connectivity index is 1.79. The van der Waals surface area contributed by atoms with Gasteiger partial charge < -0.3 is 19.0 Å².